The van der Waals surface area contributed by atoms with Crippen LogP contribution < -0.4 is 15.0 Å². The molecule has 4 aromatic rings. The largest absolute Gasteiger partial charge is 0.436 e. The molecule has 9 heteroatoms. The molecule has 37 heavy (non-hydrogen) atoms. The number of nitrogens with one attached hydrogen (secondary N) is 1. The van der Waals surface area contributed by atoms with Crippen molar-refractivity contribution in [1.82, 2.24) is 19.4 Å². The molecule has 0 fully saturated rings. The van der Waals surface area contributed by atoms with E-state index in [4.69, 9.17) is 9.72 Å². The van der Waals surface area contributed by atoms with Crippen LogP contribution in [0.2, 0.25) is 0 Å². The Morgan fingerprint density at radius 3 is 2.84 bits per heavy atom. The number of para-hydroxylation sites is 1. The third-order valence-corrected chi connectivity index (χ3v) is 6.65. The molecule has 0 aliphatic carbocycles. The predicted octanol–water partition coefficient (Wildman–Crippen LogP) is 4.29. The number of fused-ring (bicyclic) bond motifs is 5. The summed E-state index contributed by atoms with van der Waals surface area (Å²) in [6.07, 6.45) is 1.59. The zero-order valence-electron chi connectivity index (χ0n) is 20.8. The lowest BCUT2D eigenvalue weighted by Gasteiger charge is -2.29. The van der Waals surface area contributed by atoms with E-state index in [0.717, 1.165) is 43.0 Å². The van der Waals surface area contributed by atoms with Gasteiger partial charge in [0.05, 0.1) is 23.1 Å². The number of hydrogen-bond donors (Lipinski definition) is 1. The van der Waals surface area contributed by atoms with Gasteiger partial charge in [-0.05, 0) is 48.4 Å². The van der Waals surface area contributed by atoms with Gasteiger partial charge in [0, 0.05) is 31.5 Å². The molecule has 2 aliphatic rings. The summed E-state index contributed by atoms with van der Waals surface area (Å²) in [6, 6.07) is 16.2. The lowest BCUT2D eigenvalue weighted by molar-refractivity contribution is -0.114. The van der Waals surface area contributed by atoms with Crippen molar-refractivity contribution < 1.29 is 14.3 Å². The Hall–Kier alpha value is -4.24. The van der Waals surface area contributed by atoms with E-state index in [1.54, 1.807) is 42.6 Å². The highest BCUT2D eigenvalue weighted by Crippen LogP contribution is 2.37. The van der Waals surface area contributed by atoms with Gasteiger partial charge in [-0.3, -0.25) is 19.4 Å². The van der Waals surface area contributed by atoms with Crippen LogP contribution in [0.1, 0.15) is 30.0 Å². The second-order valence-corrected chi connectivity index (χ2v) is 9.88. The molecule has 2 aromatic heterocycles. The van der Waals surface area contributed by atoms with Crippen LogP contribution in [0.15, 0.2) is 60.8 Å². The molecule has 188 valence electrons. The van der Waals surface area contributed by atoms with Crippen LogP contribution in [-0.2, 0) is 17.9 Å². The minimum atomic E-state index is -0.325. The first-order chi connectivity index (χ1) is 18.0. The maximum absolute atomic E-state index is 13.4. The van der Waals surface area contributed by atoms with Gasteiger partial charge >= 0.3 is 0 Å². The van der Waals surface area contributed by atoms with Gasteiger partial charge in [-0.2, -0.15) is 0 Å². The van der Waals surface area contributed by atoms with Crippen LogP contribution in [-0.4, -0.2) is 50.9 Å². The van der Waals surface area contributed by atoms with E-state index in [0.29, 0.717) is 28.6 Å². The lowest BCUT2D eigenvalue weighted by Crippen LogP contribution is -2.37. The standard InChI is InChI=1S/C28H28N6O3/c1-18(2)15-32-12-13-33-22-10-9-19(14-21(22)31-25(33)16-32)30-26(35)17-34-23-7-5-11-29-27(23)37-24-8-4-3-6-20(24)28(34)36/h3-11,14,18H,12-13,15-17H2,1-2H3,(H,30,35). The molecular formula is C28H28N6O3. The van der Waals surface area contributed by atoms with Gasteiger partial charge in [-0.25, -0.2) is 9.97 Å². The van der Waals surface area contributed by atoms with Gasteiger partial charge in [0.25, 0.3) is 5.91 Å². The topological polar surface area (TPSA) is 92.6 Å². The number of carbonyl (C=O) groups is 2. The van der Waals surface area contributed by atoms with Crippen molar-refractivity contribution in [3.8, 4) is 11.6 Å². The summed E-state index contributed by atoms with van der Waals surface area (Å²) in [7, 11) is 0. The number of ether oxygens (including phenoxy) is 1. The van der Waals surface area contributed by atoms with E-state index in [1.165, 1.54) is 4.90 Å². The van der Waals surface area contributed by atoms with Crippen molar-refractivity contribution in [3.05, 3.63) is 72.2 Å². The van der Waals surface area contributed by atoms with Gasteiger partial charge in [-0.15, -0.1) is 0 Å². The van der Waals surface area contributed by atoms with E-state index >= 15 is 0 Å². The average Bonchev–Trinajstić information content (AvgIpc) is 3.18. The number of nitrogens with zero attached hydrogens (tertiary/aromatic N) is 5. The number of benzene rings is 2. The quantitative estimate of drug-likeness (QED) is 0.443. The Labute approximate surface area is 214 Å². The molecule has 0 spiro atoms. The van der Waals surface area contributed by atoms with Gasteiger partial charge < -0.3 is 14.6 Å². The summed E-state index contributed by atoms with van der Waals surface area (Å²) in [5.74, 6) is 1.70. The Morgan fingerprint density at radius 2 is 1.97 bits per heavy atom. The van der Waals surface area contributed by atoms with Crippen molar-refractivity contribution in [2.75, 3.05) is 29.9 Å². The summed E-state index contributed by atoms with van der Waals surface area (Å²) in [4.78, 5) is 39.5. The third-order valence-electron chi connectivity index (χ3n) is 6.65. The highest BCUT2D eigenvalue weighted by Gasteiger charge is 2.30. The second kappa shape index (κ2) is 9.33. The molecule has 0 unspecified atom stereocenters. The molecule has 2 amide bonds. The molecule has 0 atom stereocenters. The van der Waals surface area contributed by atoms with E-state index < -0.39 is 0 Å². The van der Waals surface area contributed by atoms with Crippen molar-refractivity contribution in [1.29, 1.82) is 0 Å². The number of rotatable bonds is 5. The van der Waals surface area contributed by atoms with Crippen LogP contribution in [0.4, 0.5) is 11.4 Å². The summed E-state index contributed by atoms with van der Waals surface area (Å²) >= 11 is 0. The molecule has 0 bridgehead atoms. The summed E-state index contributed by atoms with van der Waals surface area (Å²) < 4.78 is 8.16. The van der Waals surface area contributed by atoms with E-state index in [9.17, 15) is 9.59 Å². The molecule has 4 heterocycles. The fourth-order valence-corrected chi connectivity index (χ4v) is 5.08. The van der Waals surface area contributed by atoms with Crippen LogP contribution in [0.25, 0.3) is 11.0 Å². The number of pyridine rings is 1. The molecule has 9 nitrogen and oxygen atoms in total. The Bertz CT molecular complexity index is 1510. The Balaban J connectivity index is 1.23. The highest BCUT2D eigenvalue weighted by atomic mass is 16.5. The monoisotopic (exact) mass is 496 g/mol. The molecule has 0 radical (unpaired) electrons. The van der Waals surface area contributed by atoms with Crippen LogP contribution in [0.3, 0.4) is 0 Å². The average molecular weight is 497 g/mol. The fourth-order valence-electron chi connectivity index (χ4n) is 5.08. The van der Waals surface area contributed by atoms with Crippen molar-refractivity contribution in [2.45, 2.75) is 26.9 Å². The molecule has 0 saturated carbocycles. The van der Waals surface area contributed by atoms with E-state index in [2.05, 4.69) is 33.6 Å². The zero-order valence-corrected chi connectivity index (χ0v) is 20.8. The maximum Gasteiger partial charge on any atom is 0.262 e. The first-order valence-corrected chi connectivity index (χ1v) is 12.5. The van der Waals surface area contributed by atoms with Crippen LogP contribution in [0.5, 0.6) is 11.6 Å². The first-order valence-electron chi connectivity index (χ1n) is 12.5. The van der Waals surface area contributed by atoms with Crippen molar-refractivity contribution >= 4 is 34.2 Å². The first kappa shape index (κ1) is 23.2. The summed E-state index contributed by atoms with van der Waals surface area (Å²) in [5.41, 5.74) is 3.37. The third kappa shape index (κ3) is 4.42. The predicted molar refractivity (Wildman–Crippen MR) is 141 cm³/mol. The van der Waals surface area contributed by atoms with Crippen molar-refractivity contribution in [3.63, 3.8) is 0 Å². The van der Waals surface area contributed by atoms with Crippen LogP contribution >= 0.6 is 0 Å². The van der Waals surface area contributed by atoms with Gasteiger partial charge in [0.15, 0.2) is 0 Å². The number of amides is 2. The number of hydrogen-bond acceptors (Lipinski definition) is 6. The van der Waals surface area contributed by atoms with E-state index in [1.807, 2.05) is 18.2 Å². The Morgan fingerprint density at radius 1 is 1.11 bits per heavy atom. The molecule has 2 aliphatic heterocycles. The second-order valence-electron chi connectivity index (χ2n) is 9.88. The lowest BCUT2D eigenvalue weighted by atomic mass is 10.1. The summed E-state index contributed by atoms with van der Waals surface area (Å²) in [5, 5.41) is 2.94. The number of anilines is 2. The van der Waals surface area contributed by atoms with Crippen LogP contribution in [0, 0.1) is 5.92 Å². The highest BCUT2D eigenvalue weighted by molar-refractivity contribution is 6.12. The molecule has 2 aromatic carbocycles. The van der Waals surface area contributed by atoms with Gasteiger partial charge in [0.2, 0.25) is 11.8 Å². The van der Waals surface area contributed by atoms with E-state index in [-0.39, 0.29) is 24.2 Å². The minimum absolute atomic E-state index is 0.183. The normalized spacial score (nSPS) is 15.1. The Kier molecular flexibility index (Phi) is 5.84. The number of imidazole rings is 1. The zero-order chi connectivity index (χ0) is 25.5. The van der Waals surface area contributed by atoms with Gasteiger partial charge in [0.1, 0.15) is 23.8 Å². The molecular weight excluding hydrogens is 468 g/mol. The maximum atomic E-state index is 13.4. The molecule has 1 N–H and O–H groups in total. The fraction of sp³-hybridized carbons (Fsp3) is 0.286. The smallest absolute Gasteiger partial charge is 0.262 e. The molecule has 6 rings (SSSR count). The minimum Gasteiger partial charge on any atom is -0.436 e. The van der Waals surface area contributed by atoms with Gasteiger partial charge in [-0.1, -0.05) is 26.0 Å². The van der Waals surface area contributed by atoms with Crippen molar-refractivity contribution in [2.24, 2.45) is 5.92 Å². The molecule has 0 saturated heterocycles. The number of aromatic nitrogens is 3. The summed E-state index contributed by atoms with van der Waals surface area (Å²) in [6.45, 7) is 8.05. The number of carbonyl (C=O) groups excluding carboxylic acids is 2. The SMILES string of the molecule is CC(C)CN1CCn2c(nc3cc(NC(=O)CN4C(=O)c5ccccc5Oc5ncccc54)ccc32)C1.